The maximum Gasteiger partial charge on any atom is 0.306 e. The number of hydrogen-bond donors (Lipinski definition) is 1. The number of hydrogen-bond acceptors (Lipinski definition) is 2. The van der Waals surface area contributed by atoms with Gasteiger partial charge in [0.1, 0.15) is 0 Å². The fourth-order valence-electron chi connectivity index (χ4n) is 1.92. The predicted molar refractivity (Wildman–Crippen MR) is 51.8 cm³/mol. The van der Waals surface area contributed by atoms with Crippen LogP contribution < -0.4 is 0 Å². The van der Waals surface area contributed by atoms with E-state index in [9.17, 15) is 4.79 Å². The van der Waals surface area contributed by atoms with Gasteiger partial charge in [-0.25, -0.2) is 0 Å². The molecule has 0 unspecified atom stereocenters. The molecule has 3 nitrogen and oxygen atoms in total. The lowest BCUT2D eigenvalue weighted by atomic mass is 9.73. The van der Waals surface area contributed by atoms with Crippen LogP contribution in [0.4, 0.5) is 0 Å². The number of carboxylic acids is 1. The summed E-state index contributed by atoms with van der Waals surface area (Å²) in [4.78, 5) is 14.8. The van der Waals surface area contributed by atoms with Crippen molar-refractivity contribution in [2.45, 2.75) is 19.3 Å². The summed E-state index contributed by atoms with van der Waals surface area (Å²) < 4.78 is 0. The molecule has 0 radical (unpaired) electrons. The van der Waals surface area contributed by atoms with Crippen LogP contribution in [0.2, 0.25) is 0 Å². The largest absolute Gasteiger partial charge is 0.481 e. The standard InChI is InChI=1S/C11H13NO2/c13-11(14)9-5-8(6-9)7-10-3-1-2-4-12-10/h1-4,8-9H,5-7H2,(H,13,14). The lowest BCUT2D eigenvalue weighted by molar-refractivity contribution is -0.146. The Morgan fingerprint density at radius 3 is 2.86 bits per heavy atom. The van der Waals surface area contributed by atoms with Crippen molar-refractivity contribution in [3.8, 4) is 0 Å². The van der Waals surface area contributed by atoms with Gasteiger partial charge in [-0.3, -0.25) is 9.78 Å². The van der Waals surface area contributed by atoms with Gasteiger partial charge in [-0.05, 0) is 37.3 Å². The highest BCUT2D eigenvalue weighted by molar-refractivity contribution is 5.71. The first-order valence-corrected chi connectivity index (χ1v) is 4.88. The van der Waals surface area contributed by atoms with E-state index in [2.05, 4.69) is 4.98 Å². The SMILES string of the molecule is O=C(O)C1CC(Cc2ccccn2)C1. The Balaban J connectivity index is 1.82. The van der Waals surface area contributed by atoms with Gasteiger partial charge in [0, 0.05) is 11.9 Å². The molecule has 1 N–H and O–H groups in total. The number of pyridine rings is 1. The van der Waals surface area contributed by atoms with Crippen LogP contribution >= 0.6 is 0 Å². The summed E-state index contributed by atoms with van der Waals surface area (Å²) in [5, 5.41) is 8.70. The summed E-state index contributed by atoms with van der Waals surface area (Å²) in [5.74, 6) is -0.239. The fourth-order valence-corrected chi connectivity index (χ4v) is 1.92. The predicted octanol–water partition coefficient (Wildman–Crippen LogP) is 1.73. The molecular weight excluding hydrogens is 178 g/mol. The molecule has 1 aromatic heterocycles. The van der Waals surface area contributed by atoms with Crippen molar-refractivity contribution < 1.29 is 9.90 Å². The summed E-state index contributed by atoms with van der Waals surface area (Å²) in [5.41, 5.74) is 1.07. The third-order valence-corrected chi connectivity index (χ3v) is 2.81. The highest BCUT2D eigenvalue weighted by Gasteiger charge is 2.34. The van der Waals surface area contributed by atoms with Crippen molar-refractivity contribution in [3.63, 3.8) is 0 Å². The molecule has 0 aromatic carbocycles. The molecule has 1 heterocycles. The summed E-state index contributed by atoms with van der Waals surface area (Å²) >= 11 is 0. The molecule has 74 valence electrons. The van der Waals surface area contributed by atoms with Crippen molar-refractivity contribution >= 4 is 5.97 Å². The van der Waals surface area contributed by atoms with Crippen molar-refractivity contribution in [1.82, 2.24) is 4.98 Å². The smallest absolute Gasteiger partial charge is 0.306 e. The van der Waals surface area contributed by atoms with E-state index in [4.69, 9.17) is 5.11 Å². The Labute approximate surface area is 82.8 Å². The minimum Gasteiger partial charge on any atom is -0.481 e. The average molecular weight is 191 g/mol. The molecule has 3 heteroatoms. The number of carbonyl (C=O) groups is 1. The topological polar surface area (TPSA) is 50.2 Å². The lowest BCUT2D eigenvalue weighted by Crippen LogP contribution is -2.31. The maximum absolute atomic E-state index is 10.6. The zero-order valence-corrected chi connectivity index (χ0v) is 7.89. The average Bonchev–Trinajstić information content (AvgIpc) is 2.12. The zero-order valence-electron chi connectivity index (χ0n) is 7.89. The molecule has 0 saturated heterocycles. The van der Waals surface area contributed by atoms with Crippen LogP contribution in [0.5, 0.6) is 0 Å². The molecular formula is C11H13NO2. The third kappa shape index (κ3) is 1.92. The number of aliphatic carboxylic acids is 1. The molecule has 14 heavy (non-hydrogen) atoms. The summed E-state index contributed by atoms with van der Waals surface area (Å²) in [6.45, 7) is 0. The molecule has 0 amide bonds. The second-order valence-corrected chi connectivity index (χ2v) is 3.90. The van der Waals surface area contributed by atoms with Gasteiger partial charge in [0.05, 0.1) is 5.92 Å². The van der Waals surface area contributed by atoms with E-state index in [1.807, 2.05) is 18.2 Å². The van der Waals surface area contributed by atoms with Gasteiger partial charge in [-0.15, -0.1) is 0 Å². The third-order valence-electron chi connectivity index (χ3n) is 2.81. The Kier molecular flexibility index (Phi) is 2.48. The van der Waals surface area contributed by atoms with Gasteiger partial charge in [-0.2, -0.15) is 0 Å². The molecule has 1 aliphatic rings. The first-order valence-electron chi connectivity index (χ1n) is 4.88. The molecule has 0 atom stereocenters. The number of rotatable bonds is 3. The summed E-state index contributed by atoms with van der Waals surface area (Å²) in [6.07, 6.45) is 4.32. The summed E-state index contributed by atoms with van der Waals surface area (Å²) in [6, 6.07) is 5.86. The molecule has 0 aliphatic heterocycles. The van der Waals surface area contributed by atoms with Crippen LogP contribution in [-0.4, -0.2) is 16.1 Å². The first-order chi connectivity index (χ1) is 6.75. The van der Waals surface area contributed by atoms with Crippen molar-refractivity contribution in [2.75, 3.05) is 0 Å². The second kappa shape index (κ2) is 3.78. The van der Waals surface area contributed by atoms with E-state index in [-0.39, 0.29) is 5.92 Å². The van der Waals surface area contributed by atoms with Gasteiger partial charge in [0.15, 0.2) is 0 Å². The Morgan fingerprint density at radius 2 is 2.29 bits per heavy atom. The van der Waals surface area contributed by atoms with E-state index in [1.165, 1.54) is 0 Å². The molecule has 1 aliphatic carbocycles. The minimum absolute atomic E-state index is 0.108. The van der Waals surface area contributed by atoms with Crippen LogP contribution in [0.1, 0.15) is 18.5 Å². The second-order valence-electron chi connectivity index (χ2n) is 3.90. The quantitative estimate of drug-likeness (QED) is 0.791. The van der Waals surface area contributed by atoms with Crippen molar-refractivity contribution in [1.29, 1.82) is 0 Å². The van der Waals surface area contributed by atoms with Crippen LogP contribution in [0, 0.1) is 11.8 Å². The minimum atomic E-state index is -0.651. The van der Waals surface area contributed by atoms with E-state index < -0.39 is 5.97 Å². The van der Waals surface area contributed by atoms with Crippen LogP contribution in [0.25, 0.3) is 0 Å². The highest BCUT2D eigenvalue weighted by atomic mass is 16.4. The van der Waals surface area contributed by atoms with Crippen LogP contribution in [0.3, 0.4) is 0 Å². The van der Waals surface area contributed by atoms with Gasteiger partial charge in [0.2, 0.25) is 0 Å². The first kappa shape index (κ1) is 9.19. The number of carboxylic acid groups (broad SMARTS) is 1. The van der Waals surface area contributed by atoms with Crippen LogP contribution in [0.15, 0.2) is 24.4 Å². The van der Waals surface area contributed by atoms with E-state index in [0.29, 0.717) is 5.92 Å². The Bertz CT molecular complexity index is 317. The monoisotopic (exact) mass is 191 g/mol. The molecule has 0 bridgehead atoms. The Hall–Kier alpha value is -1.38. The fraction of sp³-hybridized carbons (Fsp3) is 0.455. The van der Waals surface area contributed by atoms with E-state index in [0.717, 1.165) is 25.0 Å². The normalized spacial score (nSPS) is 25.4. The number of nitrogens with zero attached hydrogens (tertiary/aromatic N) is 1. The van der Waals surface area contributed by atoms with Gasteiger partial charge >= 0.3 is 5.97 Å². The highest BCUT2D eigenvalue weighted by Crippen LogP contribution is 2.35. The van der Waals surface area contributed by atoms with Gasteiger partial charge in [-0.1, -0.05) is 6.07 Å². The van der Waals surface area contributed by atoms with Gasteiger partial charge in [0.25, 0.3) is 0 Å². The van der Waals surface area contributed by atoms with Gasteiger partial charge < -0.3 is 5.11 Å². The zero-order chi connectivity index (χ0) is 9.97. The Morgan fingerprint density at radius 1 is 1.50 bits per heavy atom. The molecule has 1 aromatic rings. The molecule has 0 spiro atoms. The van der Waals surface area contributed by atoms with E-state index >= 15 is 0 Å². The van der Waals surface area contributed by atoms with Crippen molar-refractivity contribution in [2.24, 2.45) is 11.8 Å². The lowest BCUT2D eigenvalue weighted by Gasteiger charge is -2.31. The molecule has 1 saturated carbocycles. The molecule has 1 fully saturated rings. The van der Waals surface area contributed by atoms with Crippen LogP contribution in [-0.2, 0) is 11.2 Å². The van der Waals surface area contributed by atoms with Crippen molar-refractivity contribution in [3.05, 3.63) is 30.1 Å². The summed E-state index contributed by atoms with van der Waals surface area (Å²) in [7, 11) is 0. The number of aromatic nitrogens is 1. The molecule has 2 rings (SSSR count). The van der Waals surface area contributed by atoms with E-state index in [1.54, 1.807) is 6.20 Å². The maximum atomic E-state index is 10.6.